The molecule has 0 saturated heterocycles. The van der Waals surface area contributed by atoms with E-state index in [1.165, 1.54) is 30.3 Å². The molecule has 32 heavy (non-hydrogen) atoms. The largest absolute Gasteiger partial charge is 0.494 e. The summed E-state index contributed by atoms with van der Waals surface area (Å²) in [5.41, 5.74) is -3.08. The van der Waals surface area contributed by atoms with E-state index in [1.807, 2.05) is 6.92 Å². The number of alkyl halides is 3. The van der Waals surface area contributed by atoms with Gasteiger partial charge in [0.25, 0.3) is 5.91 Å². The van der Waals surface area contributed by atoms with Crippen molar-refractivity contribution in [3.8, 4) is 5.75 Å². The van der Waals surface area contributed by atoms with Crippen molar-refractivity contribution in [1.29, 1.82) is 0 Å². The highest BCUT2D eigenvalue weighted by molar-refractivity contribution is 5.96. The second-order valence-corrected chi connectivity index (χ2v) is 7.23. The van der Waals surface area contributed by atoms with Crippen LogP contribution in [0.5, 0.6) is 5.75 Å². The number of carbonyl (C=O) groups excluding carboxylic acids is 2. The Bertz CT molecular complexity index is 873. The molecular formula is C23H27F3N2O4. The summed E-state index contributed by atoms with van der Waals surface area (Å²) in [5, 5.41) is 14.9. The molecule has 174 valence electrons. The topological polar surface area (TPSA) is 87.7 Å². The highest BCUT2D eigenvalue weighted by Gasteiger charge is 2.54. The molecule has 6 nitrogen and oxygen atoms in total. The Labute approximate surface area is 184 Å². The van der Waals surface area contributed by atoms with Gasteiger partial charge in [0.05, 0.1) is 13.2 Å². The van der Waals surface area contributed by atoms with Gasteiger partial charge in [0, 0.05) is 18.5 Å². The summed E-state index contributed by atoms with van der Waals surface area (Å²) < 4.78 is 45.8. The second kappa shape index (κ2) is 11.5. The lowest BCUT2D eigenvalue weighted by Gasteiger charge is -2.31. The summed E-state index contributed by atoms with van der Waals surface area (Å²) in [6.07, 6.45) is -3.76. The Kier molecular flexibility index (Phi) is 9.07. The summed E-state index contributed by atoms with van der Waals surface area (Å²) in [7, 11) is 0. The molecule has 0 fully saturated rings. The number of carbonyl (C=O) groups is 2. The maximum absolute atomic E-state index is 13.4. The first kappa shape index (κ1) is 25.2. The molecule has 0 aliphatic heterocycles. The zero-order chi connectivity index (χ0) is 23.6. The van der Waals surface area contributed by atoms with E-state index in [9.17, 15) is 27.9 Å². The lowest BCUT2D eigenvalue weighted by Crippen LogP contribution is -2.46. The van der Waals surface area contributed by atoms with Crippen molar-refractivity contribution < 1.29 is 32.6 Å². The molecule has 0 aliphatic rings. The highest BCUT2D eigenvalue weighted by Crippen LogP contribution is 2.41. The molecule has 1 atom stereocenters. The molecule has 0 aromatic heterocycles. The van der Waals surface area contributed by atoms with Gasteiger partial charge in [0.1, 0.15) is 5.75 Å². The molecule has 2 aromatic carbocycles. The van der Waals surface area contributed by atoms with Crippen LogP contribution in [0, 0.1) is 0 Å². The summed E-state index contributed by atoms with van der Waals surface area (Å²) in [6.45, 7) is 1.79. The maximum Gasteiger partial charge on any atom is 0.421 e. The van der Waals surface area contributed by atoms with Gasteiger partial charge >= 0.3 is 6.18 Å². The minimum atomic E-state index is -4.92. The minimum Gasteiger partial charge on any atom is -0.494 e. The zero-order valence-corrected chi connectivity index (χ0v) is 17.7. The van der Waals surface area contributed by atoms with Crippen LogP contribution in [0.1, 0.15) is 42.1 Å². The van der Waals surface area contributed by atoms with Gasteiger partial charge in [0.15, 0.2) is 5.60 Å². The number of hydrogen-bond donors (Lipinski definition) is 3. The van der Waals surface area contributed by atoms with Gasteiger partial charge in [-0.15, -0.1) is 0 Å². The van der Waals surface area contributed by atoms with Crippen molar-refractivity contribution >= 4 is 11.8 Å². The number of hydrogen-bond acceptors (Lipinski definition) is 4. The first-order valence-corrected chi connectivity index (χ1v) is 10.3. The van der Waals surface area contributed by atoms with Crippen LogP contribution in [-0.4, -0.2) is 42.8 Å². The predicted molar refractivity (Wildman–Crippen MR) is 113 cm³/mol. The normalized spacial score (nSPS) is 13.2. The number of nitrogens with one attached hydrogen (secondary N) is 2. The lowest BCUT2D eigenvalue weighted by molar-refractivity contribution is -0.268. The third kappa shape index (κ3) is 6.98. The summed E-state index contributed by atoms with van der Waals surface area (Å²) in [5.74, 6) is -0.546. The summed E-state index contributed by atoms with van der Waals surface area (Å²) >= 11 is 0. The van der Waals surface area contributed by atoms with Crippen LogP contribution in [0.2, 0.25) is 0 Å². The molecular weight excluding hydrogens is 425 g/mol. The van der Waals surface area contributed by atoms with Gasteiger partial charge in [0.2, 0.25) is 5.91 Å². The van der Waals surface area contributed by atoms with Crippen molar-refractivity contribution in [2.75, 3.05) is 19.7 Å². The molecule has 0 unspecified atom stereocenters. The molecule has 3 N–H and O–H groups in total. The number of aliphatic hydroxyl groups is 1. The molecule has 0 saturated carbocycles. The smallest absolute Gasteiger partial charge is 0.421 e. The Hall–Kier alpha value is -3.07. The van der Waals surface area contributed by atoms with Gasteiger partial charge < -0.3 is 20.5 Å². The van der Waals surface area contributed by atoms with E-state index in [-0.39, 0.29) is 5.56 Å². The van der Waals surface area contributed by atoms with Crippen LogP contribution in [0.15, 0.2) is 54.6 Å². The average Bonchev–Trinajstić information content (AvgIpc) is 2.78. The Morgan fingerprint density at radius 3 is 2.25 bits per heavy atom. The molecule has 0 radical (unpaired) electrons. The van der Waals surface area contributed by atoms with Crippen LogP contribution in [0.3, 0.4) is 0 Å². The number of halogens is 3. The lowest BCUT2D eigenvalue weighted by atomic mass is 9.89. The number of benzene rings is 2. The van der Waals surface area contributed by atoms with Crippen molar-refractivity contribution in [3.63, 3.8) is 0 Å². The molecule has 0 aliphatic carbocycles. The van der Waals surface area contributed by atoms with Crippen LogP contribution in [0.25, 0.3) is 0 Å². The van der Waals surface area contributed by atoms with Crippen molar-refractivity contribution in [1.82, 2.24) is 10.6 Å². The van der Waals surface area contributed by atoms with Crippen LogP contribution in [0.4, 0.5) is 13.2 Å². The van der Waals surface area contributed by atoms with Crippen LogP contribution < -0.4 is 15.4 Å². The van der Waals surface area contributed by atoms with Gasteiger partial charge in [-0.3, -0.25) is 9.59 Å². The SMILES string of the molecule is CCCCOc1ccc(C(=O)NCC(=O)NCC[C@](O)(c2ccccc2)C(F)(F)F)cc1. The van der Waals surface area contributed by atoms with Gasteiger partial charge in [-0.05, 0) is 36.2 Å². The quantitative estimate of drug-likeness (QED) is 0.455. The minimum absolute atomic E-state index is 0.308. The Balaban J connectivity index is 1.82. The zero-order valence-electron chi connectivity index (χ0n) is 17.7. The Morgan fingerprint density at radius 2 is 1.66 bits per heavy atom. The molecule has 0 heterocycles. The van der Waals surface area contributed by atoms with E-state index in [4.69, 9.17) is 4.74 Å². The van der Waals surface area contributed by atoms with Crippen molar-refractivity contribution in [2.45, 2.75) is 38.0 Å². The number of amides is 2. The fourth-order valence-electron chi connectivity index (χ4n) is 2.91. The second-order valence-electron chi connectivity index (χ2n) is 7.23. The number of unbranched alkanes of at least 4 members (excludes halogenated alkanes) is 1. The van der Waals surface area contributed by atoms with Crippen molar-refractivity contribution in [3.05, 3.63) is 65.7 Å². The van der Waals surface area contributed by atoms with E-state index in [0.29, 0.717) is 17.9 Å². The standard InChI is InChI=1S/C23H27F3N2O4/c1-2-3-15-32-19-11-9-17(10-12-19)21(30)28-16-20(29)27-14-13-22(31,23(24,25)26)18-7-5-4-6-8-18/h4-12,31H,2-3,13-16H2,1H3,(H,27,29)(H,28,30)/t22-/m0/s1. The van der Waals surface area contributed by atoms with Gasteiger partial charge in [-0.2, -0.15) is 13.2 Å². The fourth-order valence-corrected chi connectivity index (χ4v) is 2.91. The fraction of sp³-hybridized carbons (Fsp3) is 0.391. The predicted octanol–water partition coefficient (Wildman–Crippen LogP) is 3.55. The molecule has 2 aromatic rings. The summed E-state index contributed by atoms with van der Waals surface area (Å²) in [6, 6.07) is 13.1. The van der Waals surface area contributed by atoms with E-state index >= 15 is 0 Å². The van der Waals surface area contributed by atoms with Crippen LogP contribution in [-0.2, 0) is 10.4 Å². The monoisotopic (exact) mass is 452 g/mol. The molecule has 2 rings (SSSR count). The maximum atomic E-state index is 13.4. The molecule has 9 heteroatoms. The van der Waals surface area contributed by atoms with E-state index < -0.39 is 43.1 Å². The van der Waals surface area contributed by atoms with E-state index in [2.05, 4.69) is 10.6 Å². The number of ether oxygens (including phenoxy) is 1. The third-order valence-corrected chi connectivity index (χ3v) is 4.82. The van der Waals surface area contributed by atoms with Gasteiger partial charge in [-0.25, -0.2) is 0 Å². The molecule has 0 bridgehead atoms. The molecule has 0 spiro atoms. The Morgan fingerprint density at radius 1 is 1.00 bits per heavy atom. The van der Waals surface area contributed by atoms with Gasteiger partial charge in [-0.1, -0.05) is 43.7 Å². The first-order valence-electron chi connectivity index (χ1n) is 10.3. The summed E-state index contributed by atoms with van der Waals surface area (Å²) in [4.78, 5) is 24.1. The van der Waals surface area contributed by atoms with E-state index in [0.717, 1.165) is 12.8 Å². The first-order chi connectivity index (χ1) is 15.2. The number of rotatable bonds is 11. The van der Waals surface area contributed by atoms with Crippen molar-refractivity contribution in [2.24, 2.45) is 0 Å². The molecule has 2 amide bonds. The highest BCUT2D eigenvalue weighted by atomic mass is 19.4. The average molecular weight is 452 g/mol. The van der Waals surface area contributed by atoms with E-state index in [1.54, 1.807) is 24.3 Å². The van der Waals surface area contributed by atoms with Crippen LogP contribution >= 0.6 is 0 Å². The third-order valence-electron chi connectivity index (χ3n) is 4.82.